The zero-order valence-corrected chi connectivity index (χ0v) is 10.3. The molecule has 1 fully saturated rings. The predicted molar refractivity (Wildman–Crippen MR) is 55.9 cm³/mol. The second-order valence-electron chi connectivity index (χ2n) is 3.78. The molecule has 1 rings (SSSR count). The van der Waals surface area contributed by atoms with Crippen LogP contribution in [0.5, 0.6) is 0 Å². The molecule has 1 saturated heterocycles. The summed E-state index contributed by atoms with van der Waals surface area (Å²) in [5.41, 5.74) is 0. The molecule has 1 heterocycles. The molecule has 5 N–H and O–H groups in total. The molecule has 0 saturated carbocycles. The number of hydrogen-bond donors (Lipinski definition) is 5. The van der Waals surface area contributed by atoms with Crippen LogP contribution in [-0.4, -0.2) is 76.1 Å². The Kier molecular flexibility index (Phi) is 4.67. The first-order chi connectivity index (χ1) is 8.21. The smallest absolute Gasteiger partial charge is 0.329 e. The van der Waals surface area contributed by atoms with Gasteiger partial charge in [-0.3, -0.25) is 4.55 Å². The van der Waals surface area contributed by atoms with Gasteiger partial charge in [0.05, 0.1) is 6.61 Å². The zero-order chi connectivity index (χ0) is 14.1. The minimum atomic E-state index is -5.07. The number of hydrogen-bond acceptors (Lipinski definition) is 8. The highest BCUT2D eigenvalue weighted by atomic mass is 32.2. The van der Waals surface area contributed by atoms with Gasteiger partial charge in [-0.1, -0.05) is 0 Å². The molecule has 10 heteroatoms. The van der Waals surface area contributed by atoms with Crippen molar-refractivity contribution in [3.05, 3.63) is 0 Å². The SMILES string of the molecule is CCO[C@]1(S(=O)(=O)O)O[C@H](CO)[C@H](O)[C@H](O)[C@H]1O. The fourth-order valence-corrected chi connectivity index (χ4v) is 2.68. The van der Waals surface area contributed by atoms with Crippen molar-refractivity contribution in [2.45, 2.75) is 36.5 Å². The molecule has 0 bridgehead atoms. The average Bonchev–Trinajstić information content (AvgIpc) is 2.28. The lowest BCUT2D eigenvalue weighted by Gasteiger charge is -2.45. The Morgan fingerprint density at radius 2 is 1.83 bits per heavy atom. The molecule has 0 radical (unpaired) electrons. The van der Waals surface area contributed by atoms with Gasteiger partial charge in [-0.05, 0) is 6.92 Å². The Labute approximate surface area is 103 Å². The van der Waals surface area contributed by atoms with Crippen molar-refractivity contribution in [1.29, 1.82) is 0 Å². The van der Waals surface area contributed by atoms with Crippen molar-refractivity contribution in [3.63, 3.8) is 0 Å². The second kappa shape index (κ2) is 5.35. The van der Waals surface area contributed by atoms with Crippen molar-refractivity contribution < 1.29 is 42.9 Å². The largest absolute Gasteiger partial charge is 0.394 e. The van der Waals surface area contributed by atoms with Gasteiger partial charge in [-0.25, -0.2) is 0 Å². The van der Waals surface area contributed by atoms with Crippen molar-refractivity contribution >= 4 is 10.1 Å². The van der Waals surface area contributed by atoms with Gasteiger partial charge >= 0.3 is 15.2 Å². The quantitative estimate of drug-likeness (QED) is 0.341. The lowest BCUT2D eigenvalue weighted by molar-refractivity contribution is -0.325. The van der Waals surface area contributed by atoms with Crippen molar-refractivity contribution in [2.24, 2.45) is 0 Å². The predicted octanol–water partition coefficient (Wildman–Crippen LogP) is -2.96. The zero-order valence-electron chi connectivity index (χ0n) is 9.50. The highest BCUT2D eigenvalue weighted by molar-refractivity contribution is 7.87. The first-order valence-corrected chi connectivity index (χ1v) is 6.59. The third-order valence-corrected chi connectivity index (χ3v) is 3.79. The molecule has 0 aromatic carbocycles. The molecule has 5 atom stereocenters. The molecule has 18 heavy (non-hydrogen) atoms. The number of ether oxygens (including phenoxy) is 2. The minimum absolute atomic E-state index is 0.266. The molecular weight excluding hydrogens is 272 g/mol. The van der Waals surface area contributed by atoms with E-state index in [9.17, 15) is 23.7 Å². The van der Waals surface area contributed by atoms with E-state index in [1.165, 1.54) is 6.92 Å². The van der Waals surface area contributed by atoms with Crippen LogP contribution >= 0.6 is 0 Å². The van der Waals surface area contributed by atoms with E-state index < -0.39 is 46.3 Å². The summed E-state index contributed by atoms with van der Waals surface area (Å²) in [5, 5.41) is 34.6. The molecule has 108 valence electrons. The Morgan fingerprint density at radius 3 is 2.22 bits per heavy atom. The van der Waals surface area contributed by atoms with Crippen molar-refractivity contribution in [3.8, 4) is 0 Å². The van der Waals surface area contributed by atoms with Crippen molar-refractivity contribution in [1.82, 2.24) is 0 Å². The fraction of sp³-hybridized carbons (Fsp3) is 1.00. The Morgan fingerprint density at radius 1 is 1.28 bits per heavy atom. The van der Waals surface area contributed by atoms with Crippen LogP contribution in [0, 0.1) is 0 Å². The van der Waals surface area contributed by atoms with Crippen LogP contribution in [-0.2, 0) is 19.6 Å². The maximum absolute atomic E-state index is 11.3. The summed E-state index contributed by atoms with van der Waals surface area (Å²) < 4.78 is 41.1. The van der Waals surface area contributed by atoms with E-state index in [1.54, 1.807) is 0 Å². The van der Waals surface area contributed by atoms with E-state index >= 15 is 0 Å². The third kappa shape index (κ3) is 2.38. The Balaban J connectivity index is 3.24. The average molecular weight is 288 g/mol. The number of rotatable bonds is 4. The summed E-state index contributed by atoms with van der Waals surface area (Å²) in [6.45, 7) is 0.265. The third-order valence-electron chi connectivity index (χ3n) is 2.62. The number of aliphatic hydroxyl groups is 4. The lowest BCUT2D eigenvalue weighted by Crippen LogP contribution is -2.68. The summed E-state index contributed by atoms with van der Waals surface area (Å²) in [7, 11) is -5.07. The van der Waals surface area contributed by atoms with Gasteiger partial charge in [0.1, 0.15) is 18.3 Å². The van der Waals surface area contributed by atoms with E-state index in [0.717, 1.165) is 0 Å². The standard InChI is InChI=1S/C8H16O9S/c1-2-16-8(18(13,14)15)7(12)6(11)5(10)4(3-9)17-8/h4-7,9-12H,2-3H2,1H3,(H,13,14,15)/t4-,5+,6+,7-,8+/m1/s1. The lowest BCUT2D eigenvalue weighted by atomic mass is 9.99. The molecule has 0 aromatic rings. The van der Waals surface area contributed by atoms with E-state index in [-0.39, 0.29) is 6.61 Å². The Hall–Kier alpha value is -0.330. The topological polar surface area (TPSA) is 154 Å². The van der Waals surface area contributed by atoms with Crippen LogP contribution in [0.1, 0.15) is 6.92 Å². The molecule has 0 spiro atoms. The maximum Gasteiger partial charge on any atom is 0.329 e. The molecule has 0 aromatic heterocycles. The van der Waals surface area contributed by atoms with Gasteiger partial charge in [-0.15, -0.1) is 0 Å². The first kappa shape index (κ1) is 15.7. The summed E-state index contributed by atoms with van der Waals surface area (Å²) in [6, 6.07) is 0. The fourth-order valence-electron chi connectivity index (χ4n) is 1.72. The second-order valence-corrected chi connectivity index (χ2v) is 5.30. The van der Waals surface area contributed by atoms with E-state index in [1.807, 2.05) is 0 Å². The molecule has 0 unspecified atom stereocenters. The van der Waals surface area contributed by atoms with Gasteiger partial charge in [0.25, 0.3) is 0 Å². The van der Waals surface area contributed by atoms with Gasteiger partial charge in [0.2, 0.25) is 0 Å². The van der Waals surface area contributed by atoms with Crippen LogP contribution < -0.4 is 0 Å². The molecule has 0 amide bonds. The van der Waals surface area contributed by atoms with E-state index in [2.05, 4.69) is 0 Å². The Bertz CT molecular complexity index is 380. The van der Waals surface area contributed by atoms with Gasteiger partial charge < -0.3 is 29.9 Å². The van der Waals surface area contributed by atoms with Crippen molar-refractivity contribution in [2.75, 3.05) is 13.2 Å². The highest BCUT2D eigenvalue weighted by Crippen LogP contribution is 2.35. The highest BCUT2D eigenvalue weighted by Gasteiger charge is 2.62. The van der Waals surface area contributed by atoms with Crippen LogP contribution in [0.2, 0.25) is 0 Å². The minimum Gasteiger partial charge on any atom is -0.394 e. The number of aliphatic hydroxyl groups excluding tert-OH is 4. The van der Waals surface area contributed by atoms with Crippen LogP contribution in [0.3, 0.4) is 0 Å². The maximum atomic E-state index is 11.3. The molecular formula is C8H16O9S. The molecule has 1 aliphatic heterocycles. The summed E-state index contributed by atoms with van der Waals surface area (Å²) in [5.74, 6) is 0. The van der Waals surface area contributed by atoms with Crippen LogP contribution in [0.4, 0.5) is 0 Å². The van der Waals surface area contributed by atoms with Crippen LogP contribution in [0.15, 0.2) is 0 Å². The van der Waals surface area contributed by atoms with E-state index in [0.29, 0.717) is 0 Å². The van der Waals surface area contributed by atoms with Gasteiger partial charge in [0, 0.05) is 6.61 Å². The van der Waals surface area contributed by atoms with Gasteiger partial charge in [0.15, 0.2) is 6.10 Å². The summed E-state index contributed by atoms with van der Waals surface area (Å²) in [4.78, 5) is 0. The summed E-state index contributed by atoms with van der Waals surface area (Å²) in [6.07, 6.45) is -7.45. The molecule has 0 aliphatic carbocycles. The van der Waals surface area contributed by atoms with E-state index in [4.69, 9.17) is 19.1 Å². The van der Waals surface area contributed by atoms with Crippen LogP contribution in [0.25, 0.3) is 0 Å². The summed E-state index contributed by atoms with van der Waals surface area (Å²) >= 11 is 0. The molecule has 9 nitrogen and oxygen atoms in total. The molecule has 1 aliphatic rings. The monoisotopic (exact) mass is 288 g/mol. The van der Waals surface area contributed by atoms with Gasteiger partial charge in [-0.2, -0.15) is 8.42 Å². The normalized spacial score (nSPS) is 41.9. The first-order valence-electron chi connectivity index (χ1n) is 5.15.